The first kappa shape index (κ1) is 20.8. The summed E-state index contributed by atoms with van der Waals surface area (Å²) in [5.41, 5.74) is 0.369. The Morgan fingerprint density at radius 3 is 2.83 bits per heavy atom. The molecule has 1 aliphatic heterocycles. The van der Waals surface area contributed by atoms with E-state index in [1.165, 1.54) is 0 Å². The van der Waals surface area contributed by atoms with Gasteiger partial charge in [-0.25, -0.2) is 9.67 Å². The van der Waals surface area contributed by atoms with Crippen molar-refractivity contribution in [1.82, 2.24) is 30.6 Å². The molecule has 24 heavy (non-hydrogen) atoms. The van der Waals surface area contributed by atoms with Gasteiger partial charge in [0.05, 0.1) is 18.3 Å². The van der Waals surface area contributed by atoms with E-state index in [9.17, 15) is 4.79 Å². The third-order valence-electron chi connectivity index (χ3n) is 3.89. The average molecular weight is 393 g/mol. The van der Waals surface area contributed by atoms with E-state index in [0.717, 1.165) is 37.4 Å². The molecule has 0 radical (unpaired) electrons. The van der Waals surface area contributed by atoms with Gasteiger partial charge in [0.25, 0.3) is 5.91 Å². The van der Waals surface area contributed by atoms with E-state index in [-0.39, 0.29) is 36.8 Å². The second-order valence-corrected chi connectivity index (χ2v) is 6.30. The first-order valence-corrected chi connectivity index (χ1v) is 8.48. The third-order valence-corrected chi connectivity index (χ3v) is 4.78. The molecule has 1 atom stereocenters. The molecule has 7 nitrogen and oxygen atoms in total. The first-order valence-electron chi connectivity index (χ1n) is 7.60. The van der Waals surface area contributed by atoms with Crippen molar-refractivity contribution in [3.8, 4) is 0 Å². The fourth-order valence-electron chi connectivity index (χ4n) is 2.61. The zero-order chi connectivity index (χ0) is 15.4. The number of aromatic nitrogens is 4. The van der Waals surface area contributed by atoms with Crippen LogP contribution in [0.1, 0.15) is 53.8 Å². The molecule has 3 rings (SSSR count). The lowest BCUT2D eigenvalue weighted by Crippen LogP contribution is -2.30. The van der Waals surface area contributed by atoms with Crippen LogP contribution >= 0.6 is 36.2 Å². The van der Waals surface area contributed by atoms with Crippen LogP contribution in [-0.4, -0.2) is 39.0 Å². The topological polar surface area (TPSA) is 84.7 Å². The molecule has 1 unspecified atom stereocenters. The minimum atomic E-state index is -0.192. The summed E-state index contributed by atoms with van der Waals surface area (Å²) in [6, 6.07) is 0.257. The predicted octanol–water partition coefficient (Wildman–Crippen LogP) is 2.38. The highest BCUT2D eigenvalue weighted by molar-refractivity contribution is 7.09. The zero-order valence-corrected chi connectivity index (χ0v) is 15.8. The van der Waals surface area contributed by atoms with E-state index in [1.807, 2.05) is 17.0 Å². The Hall–Kier alpha value is -1.22. The molecule has 0 aliphatic carbocycles. The van der Waals surface area contributed by atoms with Crippen molar-refractivity contribution in [2.45, 2.75) is 38.3 Å². The highest BCUT2D eigenvalue weighted by atomic mass is 35.5. The number of piperidine rings is 1. The largest absolute Gasteiger partial charge is 0.341 e. The lowest BCUT2D eigenvalue weighted by Gasteiger charge is -2.22. The van der Waals surface area contributed by atoms with Gasteiger partial charge in [-0.1, -0.05) is 12.1 Å². The van der Waals surface area contributed by atoms with Crippen molar-refractivity contribution in [3.63, 3.8) is 0 Å². The number of amides is 1. The molecule has 0 aromatic carbocycles. The molecule has 3 heterocycles. The van der Waals surface area contributed by atoms with Crippen LogP contribution < -0.4 is 10.6 Å². The Bertz CT molecular complexity index is 615. The van der Waals surface area contributed by atoms with Gasteiger partial charge in [-0.2, -0.15) is 0 Å². The smallest absolute Gasteiger partial charge is 0.274 e. The summed E-state index contributed by atoms with van der Waals surface area (Å²) in [6.07, 6.45) is 6.33. The van der Waals surface area contributed by atoms with Crippen LogP contribution in [0.5, 0.6) is 0 Å². The Kier molecular flexibility index (Phi) is 8.61. The number of hydrogen-bond acceptors (Lipinski definition) is 6. The van der Waals surface area contributed by atoms with Gasteiger partial charge in [0.2, 0.25) is 0 Å². The highest BCUT2D eigenvalue weighted by Crippen LogP contribution is 2.20. The van der Waals surface area contributed by atoms with Crippen LogP contribution in [0, 0.1) is 0 Å². The predicted molar refractivity (Wildman–Crippen MR) is 98.3 cm³/mol. The van der Waals surface area contributed by atoms with Gasteiger partial charge in [0.15, 0.2) is 5.69 Å². The second-order valence-electron chi connectivity index (χ2n) is 5.37. The van der Waals surface area contributed by atoms with E-state index in [2.05, 4.69) is 25.9 Å². The van der Waals surface area contributed by atoms with E-state index in [0.29, 0.717) is 11.7 Å². The fourth-order valence-corrected chi connectivity index (χ4v) is 3.38. The van der Waals surface area contributed by atoms with Crippen LogP contribution in [0.2, 0.25) is 0 Å². The van der Waals surface area contributed by atoms with Gasteiger partial charge in [0.1, 0.15) is 5.01 Å². The van der Waals surface area contributed by atoms with Crippen LogP contribution in [0.4, 0.5) is 0 Å². The second kappa shape index (κ2) is 9.93. The van der Waals surface area contributed by atoms with Gasteiger partial charge >= 0.3 is 0 Å². The van der Waals surface area contributed by atoms with E-state index >= 15 is 0 Å². The van der Waals surface area contributed by atoms with Crippen molar-refractivity contribution >= 4 is 42.1 Å². The molecule has 1 fully saturated rings. The third kappa shape index (κ3) is 4.89. The molecule has 1 saturated heterocycles. The normalized spacial score (nSPS) is 15.9. The Morgan fingerprint density at radius 1 is 1.46 bits per heavy atom. The summed E-state index contributed by atoms with van der Waals surface area (Å²) < 4.78 is 1.82. The summed E-state index contributed by atoms with van der Waals surface area (Å²) >= 11 is 1.55. The Labute approximate surface area is 157 Å². The van der Waals surface area contributed by atoms with Crippen LogP contribution in [-0.2, 0) is 0 Å². The molecular formula is C14H22Cl2N6OS. The molecule has 2 aromatic heterocycles. The quantitative estimate of drug-likeness (QED) is 0.815. The maximum atomic E-state index is 12.3. The summed E-state index contributed by atoms with van der Waals surface area (Å²) in [5, 5.41) is 17.3. The number of carbonyl (C=O) groups is 1. The van der Waals surface area contributed by atoms with Crippen LogP contribution in [0.25, 0.3) is 0 Å². The summed E-state index contributed by atoms with van der Waals surface area (Å²) in [7, 11) is 0. The summed E-state index contributed by atoms with van der Waals surface area (Å²) in [5.74, 6) is -0.192. The van der Waals surface area contributed by atoms with Crippen molar-refractivity contribution in [3.05, 3.63) is 28.5 Å². The molecule has 2 aromatic rings. The van der Waals surface area contributed by atoms with Crippen molar-refractivity contribution in [2.75, 3.05) is 13.1 Å². The number of nitrogens with one attached hydrogen (secondary N) is 2. The maximum absolute atomic E-state index is 12.3. The lowest BCUT2D eigenvalue weighted by atomic mass is 10.1. The van der Waals surface area contributed by atoms with Gasteiger partial charge in [-0.15, -0.1) is 41.2 Å². The van der Waals surface area contributed by atoms with Gasteiger partial charge < -0.3 is 10.6 Å². The SMILES string of the molecule is CCC(NC(=O)c1cn(C2CCNCC2)nn1)c1nccs1.Cl.Cl. The Morgan fingerprint density at radius 2 is 2.21 bits per heavy atom. The molecule has 0 saturated carbocycles. The Balaban J connectivity index is 0.00000144. The summed E-state index contributed by atoms with van der Waals surface area (Å²) in [6.45, 7) is 3.99. The minimum Gasteiger partial charge on any atom is -0.341 e. The number of carbonyl (C=O) groups excluding carboxylic acids is 1. The molecule has 0 spiro atoms. The number of hydrogen-bond donors (Lipinski definition) is 2. The number of halogens is 2. The fraction of sp³-hybridized carbons (Fsp3) is 0.571. The summed E-state index contributed by atoms with van der Waals surface area (Å²) in [4.78, 5) is 16.6. The highest BCUT2D eigenvalue weighted by Gasteiger charge is 2.21. The molecular weight excluding hydrogens is 371 g/mol. The first-order chi connectivity index (χ1) is 10.8. The van der Waals surface area contributed by atoms with Gasteiger partial charge in [-0.05, 0) is 32.4 Å². The minimum absolute atomic E-state index is 0. The van der Waals surface area contributed by atoms with E-state index in [1.54, 1.807) is 23.7 Å². The monoisotopic (exact) mass is 392 g/mol. The van der Waals surface area contributed by atoms with Crippen molar-refractivity contribution in [2.24, 2.45) is 0 Å². The number of rotatable bonds is 5. The van der Waals surface area contributed by atoms with E-state index < -0.39 is 0 Å². The molecule has 1 aliphatic rings. The van der Waals surface area contributed by atoms with Crippen molar-refractivity contribution < 1.29 is 4.79 Å². The van der Waals surface area contributed by atoms with Gasteiger partial charge in [0, 0.05) is 11.6 Å². The van der Waals surface area contributed by atoms with Crippen molar-refractivity contribution in [1.29, 1.82) is 0 Å². The number of thiazole rings is 1. The van der Waals surface area contributed by atoms with Gasteiger partial charge in [-0.3, -0.25) is 4.79 Å². The molecule has 2 N–H and O–H groups in total. The molecule has 0 bridgehead atoms. The van der Waals surface area contributed by atoms with Crippen LogP contribution in [0.15, 0.2) is 17.8 Å². The zero-order valence-electron chi connectivity index (χ0n) is 13.3. The average Bonchev–Trinajstić information content (AvgIpc) is 3.24. The standard InChI is InChI=1S/C14H20N6OS.2ClH/c1-2-11(14-16-7-8-22-14)17-13(21)12-9-20(19-18-12)10-3-5-15-6-4-10;;/h7-11,15H,2-6H2,1H3,(H,17,21);2*1H. The maximum Gasteiger partial charge on any atom is 0.274 e. The van der Waals surface area contributed by atoms with E-state index in [4.69, 9.17) is 0 Å². The van der Waals surface area contributed by atoms with Crippen LogP contribution in [0.3, 0.4) is 0 Å². The molecule has 1 amide bonds. The molecule has 134 valence electrons. The lowest BCUT2D eigenvalue weighted by molar-refractivity contribution is 0.0930. The number of nitrogens with zero attached hydrogens (tertiary/aromatic N) is 4. The molecule has 10 heteroatoms.